The van der Waals surface area contributed by atoms with Gasteiger partial charge in [0, 0.05) is 36.5 Å². The number of carbonyl (C=O) groups excluding carboxylic acids is 2. The van der Waals surface area contributed by atoms with Gasteiger partial charge >= 0.3 is 0 Å². The minimum atomic E-state index is -0.238. The summed E-state index contributed by atoms with van der Waals surface area (Å²) in [6, 6.07) is 9.51. The van der Waals surface area contributed by atoms with Gasteiger partial charge in [0.15, 0.2) is 5.78 Å². The summed E-state index contributed by atoms with van der Waals surface area (Å²) in [7, 11) is 0. The van der Waals surface area contributed by atoms with E-state index in [1.165, 1.54) is 41.7 Å². The van der Waals surface area contributed by atoms with E-state index < -0.39 is 0 Å². The van der Waals surface area contributed by atoms with Crippen LogP contribution in [0.5, 0.6) is 0 Å². The first-order chi connectivity index (χ1) is 17.8. The highest BCUT2D eigenvalue weighted by atomic mass is 16.1. The van der Waals surface area contributed by atoms with E-state index in [0.717, 1.165) is 51.6 Å². The van der Waals surface area contributed by atoms with Gasteiger partial charge in [-0.2, -0.15) is 0 Å². The van der Waals surface area contributed by atoms with Crippen LogP contribution in [-0.4, -0.2) is 24.7 Å². The molecule has 5 atom stereocenters. The molecule has 0 bridgehead atoms. The maximum absolute atomic E-state index is 13.5. The summed E-state index contributed by atoms with van der Waals surface area (Å²) in [5.74, 6) is 2.49. The van der Waals surface area contributed by atoms with Gasteiger partial charge in [-0.3, -0.25) is 9.59 Å². The monoisotopic (exact) mass is 499 g/mol. The highest BCUT2D eigenvalue weighted by Gasteiger charge is 2.65. The van der Waals surface area contributed by atoms with E-state index in [0.29, 0.717) is 41.7 Å². The second-order valence-electron chi connectivity index (χ2n) is 13.4. The molecule has 1 heterocycles. The lowest BCUT2D eigenvalue weighted by molar-refractivity contribution is -0.141. The Labute approximate surface area is 223 Å². The Morgan fingerprint density at radius 3 is 2.41 bits per heavy atom. The normalized spacial score (nSPS) is 35.7. The zero-order chi connectivity index (χ0) is 25.9. The number of Topliss-reactive ketones (excluding diaryl/α,β-unsaturated/α-hetero) is 1. The quantitative estimate of drug-likeness (QED) is 0.424. The second-order valence-corrected chi connectivity index (χ2v) is 13.4. The molecule has 0 spiro atoms. The molecule has 0 aromatic heterocycles. The predicted molar refractivity (Wildman–Crippen MR) is 151 cm³/mol. The molecule has 6 rings (SSSR count). The highest BCUT2D eigenvalue weighted by molar-refractivity contribution is 5.93. The topological polar surface area (TPSA) is 37.4 Å². The molecule has 3 heteroatoms. The molecule has 2 saturated carbocycles. The second kappa shape index (κ2) is 9.24. The largest absolute Gasteiger partial charge is 0.372 e. The summed E-state index contributed by atoms with van der Waals surface area (Å²) < 4.78 is 0. The molecule has 1 aliphatic heterocycles. The van der Waals surface area contributed by atoms with Gasteiger partial charge in [0.25, 0.3) is 0 Å². The van der Waals surface area contributed by atoms with Crippen molar-refractivity contribution in [2.24, 2.45) is 28.6 Å². The average molecular weight is 500 g/mol. The lowest BCUT2D eigenvalue weighted by atomic mass is 9.46. The molecule has 1 aromatic rings. The summed E-state index contributed by atoms with van der Waals surface area (Å²) in [6.07, 6.45) is 12.9. The SMILES string of the molecule is CC(=O)[C@@]1(C(C)C)CCC2C3CCC4=CC(=O)CCC4=C3[C@@H](c3ccc(N4CCCCC4)cc3)C[C@@]21C. The number of hydrogen-bond donors (Lipinski definition) is 0. The van der Waals surface area contributed by atoms with Crippen molar-refractivity contribution in [3.8, 4) is 0 Å². The Bertz CT molecular complexity index is 1150. The smallest absolute Gasteiger partial charge is 0.156 e. The lowest BCUT2D eigenvalue weighted by Crippen LogP contribution is -2.52. The van der Waals surface area contributed by atoms with Gasteiger partial charge in [0.2, 0.25) is 0 Å². The van der Waals surface area contributed by atoms with Crippen LogP contribution in [0.2, 0.25) is 0 Å². The Kier molecular flexibility index (Phi) is 6.28. The van der Waals surface area contributed by atoms with Crippen LogP contribution in [0.4, 0.5) is 5.69 Å². The number of hydrogen-bond acceptors (Lipinski definition) is 3. The summed E-state index contributed by atoms with van der Waals surface area (Å²) in [5, 5.41) is 0. The van der Waals surface area contributed by atoms with E-state index in [1.54, 1.807) is 5.57 Å². The van der Waals surface area contributed by atoms with Gasteiger partial charge in [-0.25, -0.2) is 0 Å². The first-order valence-corrected chi connectivity index (χ1v) is 15.1. The number of allylic oxidation sites excluding steroid dienone is 4. The molecule has 1 aromatic carbocycles. The Morgan fingerprint density at radius 2 is 1.73 bits per heavy atom. The molecule has 0 radical (unpaired) electrons. The van der Waals surface area contributed by atoms with Crippen LogP contribution < -0.4 is 4.90 Å². The number of anilines is 1. The standard InChI is InChI=1S/C34H45NO2/c1-22(2)34(23(3)36)17-16-31-29-14-10-25-20-27(37)13-15-28(25)32(29)30(21-33(31,34)4)24-8-11-26(12-9-24)35-18-6-5-7-19-35/h8-9,11-12,20,22,29-31H,5-7,10,13-19,21H2,1-4H3/t29?,30-,31?,33+,34+/m1/s1. The van der Waals surface area contributed by atoms with Crippen molar-refractivity contribution in [1.82, 2.24) is 0 Å². The van der Waals surface area contributed by atoms with Gasteiger partial charge in [0.05, 0.1) is 0 Å². The van der Waals surface area contributed by atoms with E-state index in [2.05, 4.69) is 49.9 Å². The first kappa shape index (κ1) is 25.1. The lowest BCUT2D eigenvalue weighted by Gasteiger charge is -2.57. The fraction of sp³-hybridized carbons (Fsp3) is 0.647. The van der Waals surface area contributed by atoms with Crippen molar-refractivity contribution in [3.63, 3.8) is 0 Å². The van der Waals surface area contributed by atoms with Crippen LogP contribution in [0, 0.1) is 28.6 Å². The molecule has 37 heavy (non-hydrogen) atoms. The zero-order valence-electron chi connectivity index (χ0n) is 23.4. The third-order valence-electron chi connectivity index (χ3n) is 11.6. The number of carbonyl (C=O) groups is 2. The Morgan fingerprint density at radius 1 is 1.00 bits per heavy atom. The van der Waals surface area contributed by atoms with Crippen LogP contribution in [0.3, 0.4) is 0 Å². The summed E-state index contributed by atoms with van der Waals surface area (Å²) in [6.45, 7) is 11.3. The fourth-order valence-corrected chi connectivity index (χ4v) is 10.0. The molecule has 0 amide bonds. The molecule has 0 N–H and O–H groups in total. The van der Waals surface area contributed by atoms with Gasteiger partial charge in [0.1, 0.15) is 5.78 Å². The number of rotatable bonds is 4. The number of benzene rings is 1. The maximum Gasteiger partial charge on any atom is 0.156 e. The Hall–Kier alpha value is -2.16. The number of ketones is 2. The van der Waals surface area contributed by atoms with Crippen LogP contribution in [0.15, 0.2) is 47.1 Å². The molecular formula is C34H45NO2. The highest BCUT2D eigenvalue weighted by Crippen LogP contribution is 2.71. The van der Waals surface area contributed by atoms with Crippen molar-refractivity contribution in [2.75, 3.05) is 18.0 Å². The molecule has 5 aliphatic rings. The fourth-order valence-electron chi connectivity index (χ4n) is 10.0. The first-order valence-electron chi connectivity index (χ1n) is 15.1. The van der Waals surface area contributed by atoms with Crippen LogP contribution >= 0.6 is 0 Å². The van der Waals surface area contributed by atoms with E-state index in [1.807, 2.05) is 13.0 Å². The van der Waals surface area contributed by atoms with Gasteiger partial charge < -0.3 is 4.90 Å². The summed E-state index contributed by atoms with van der Waals surface area (Å²) in [5.41, 5.74) is 7.00. The molecule has 2 unspecified atom stereocenters. The molecule has 1 saturated heterocycles. The van der Waals surface area contributed by atoms with Gasteiger partial charge in [-0.15, -0.1) is 0 Å². The van der Waals surface area contributed by atoms with Crippen molar-refractivity contribution < 1.29 is 9.59 Å². The molecule has 3 nitrogen and oxygen atoms in total. The van der Waals surface area contributed by atoms with Gasteiger partial charge in [-0.05, 0) is 123 Å². The van der Waals surface area contributed by atoms with E-state index in [-0.39, 0.29) is 10.8 Å². The van der Waals surface area contributed by atoms with E-state index >= 15 is 0 Å². The third kappa shape index (κ3) is 3.73. The number of nitrogens with zero attached hydrogens (tertiary/aromatic N) is 1. The summed E-state index contributed by atoms with van der Waals surface area (Å²) >= 11 is 0. The van der Waals surface area contributed by atoms with Crippen molar-refractivity contribution in [2.45, 2.75) is 97.8 Å². The van der Waals surface area contributed by atoms with Crippen molar-refractivity contribution in [3.05, 3.63) is 52.6 Å². The summed E-state index contributed by atoms with van der Waals surface area (Å²) in [4.78, 5) is 28.4. The molecular weight excluding hydrogens is 454 g/mol. The molecule has 198 valence electrons. The Balaban J connectivity index is 1.47. The van der Waals surface area contributed by atoms with Crippen molar-refractivity contribution >= 4 is 17.3 Å². The minimum Gasteiger partial charge on any atom is -0.372 e. The van der Waals surface area contributed by atoms with Crippen LogP contribution in [-0.2, 0) is 9.59 Å². The predicted octanol–water partition coefficient (Wildman–Crippen LogP) is 7.81. The number of piperidine rings is 1. The van der Waals surface area contributed by atoms with Crippen molar-refractivity contribution in [1.29, 1.82) is 0 Å². The maximum atomic E-state index is 13.5. The average Bonchev–Trinajstić information content (AvgIpc) is 3.22. The van der Waals surface area contributed by atoms with Crippen LogP contribution in [0.1, 0.15) is 103 Å². The third-order valence-corrected chi connectivity index (χ3v) is 11.6. The number of fused-ring (bicyclic) bond motifs is 4. The van der Waals surface area contributed by atoms with E-state index in [4.69, 9.17) is 0 Å². The van der Waals surface area contributed by atoms with Gasteiger partial charge in [-0.1, -0.05) is 38.5 Å². The van der Waals surface area contributed by atoms with Crippen LogP contribution in [0.25, 0.3) is 0 Å². The van der Waals surface area contributed by atoms with E-state index in [9.17, 15) is 9.59 Å². The zero-order valence-corrected chi connectivity index (χ0v) is 23.4. The minimum absolute atomic E-state index is 0.00361. The molecule has 3 fully saturated rings. The molecule has 4 aliphatic carbocycles.